The van der Waals surface area contributed by atoms with Crippen molar-refractivity contribution >= 4 is 5.91 Å². The van der Waals surface area contributed by atoms with Crippen LogP contribution in [-0.4, -0.2) is 41.7 Å². The number of carbonyl (C=O) groups excluding carboxylic acids is 1. The number of rotatable bonds is 6. The number of amides is 1. The Morgan fingerprint density at radius 2 is 2.42 bits per heavy atom. The summed E-state index contributed by atoms with van der Waals surface area (Å²) < 4.78 is 5.17. The van der Waals surface area contributed by atoms with Crippen LogP contribution in [0.2, 0.25) is 0 Å². The van der Waals surface area contributed by atoms with Crippen molar-refractivity contribution in [3.8, 4) is 0 Å². The quantitative estimate of drug-likeness (QED) is 0.810. The summed E-state index contributed by atoms with van der Waals surface area (Å²) in [6.07, 6.45) is 5.75. The van der Waals surface area contributed by atoms with E-state index in [0.29, 0.717) is 19.1 Å². The molecule has 1 saturated heterocycles. The molecule has 0 radical (unpaired) electrons. The summed E-state index contributed by atoms with van der Waals surface area (Å²) in [5, 5.41) is 11.9. The molecule has 1 aromatic heterocycles. The molecule has 1 aromatic rings. The van der Waals surface area contributed by atoms with E-state index in [4.69, 9.17) is 9.52 Å². The van der Waals surface area contributed by atoms with E-state index >= 15 is 0 Å². The third-order valence-corrected chi connectivity index (χ3v) is 3.60. The van der Waals surface area contributed by atoms with Crippen molar-refractivity contribution in [3.05, 3.63) is 24.2 Å². The predicted octanol–water partition coefficient (Wildman–Crippen LogP) is 1.13. The highest BCUT2D eigenvalue weighted by Gasteiger charge is 2.23. The van der Waals surface area contributed by atoms with Gasteiger partial charge in [0.05, 0.1) is 19.4 Å². The molecule has 1 atom stereocenters. The summed E-state index contributed by atoms with van der Waals surface area (Å²) in [6, 6.07) is 3.99. The number of aliphatic hydroxyl groups is 1. The van der Waals surface area contributed by atoms with Crippen LogP contribution in [0.1, 0.15) is 31.4 Å². The van der Waals surface area contributed by atoms with Crippen LogP contribution in [0.5, 0.6) is 0 Å². The topological polar surface area (TPSA) is 65.7 Å². The van der Waals surface area contributed by atoms with Gasteiger partial charge in [-0.3, -0.25) is 9.69 Å². The number of likely N-dealkylation sites (tertiary alicyclic amines) is 1. The molecular formula is C14H22N2O3. The van der Waals surface area contributed by atoms with Crippen molar-refractivity contribution in [2.75, 3.05) is 19.7 Å². The summed E-state index contributed by atoms with van der Waals surface area (Å²) in [6.45, 7) is 1.98. The molecule has 2 N–H and O–H groups in total. The standard InChI is InChI=1S/C14H22N2O3/c17-8-6-12-4-1-2-7-16(12)11-14(18)15-10-13-5-3-9-19-13/h3,5,9,12,17H,1-2,4,6-8,10-11H2,(H,15,18). The Hall–Kier alpha value is -1.33. The Bertz CT molecular complexity index is 376. The Morgan fingerprint density at radius 3 is 3.16 bits per heavy atom. The van der Waals surface area contributed by atoms with Crippen LogP contribution in [0.15, 0.2) is 22.8 Å². The second-order valence-corrected chi connectivity index (χ2v) is 4.99. The highest BCUT2D eigenvalue weighted by Crippen LogP contribution is 2.18. The molecule has 0 spiro atoms. The molecule has 0 bridgehead atoms. The molecule has 1 amide bonds. The molecule has 0 aliphatic carbocycles. The first-order valence-corrected chi connectivity index (χ1v) is 6.93. The lowest BCUT2D eigenvalue weighted by molar-refractivity contribution is -0.123. The van der Waals surface area contributed by atoms with E-state index in [1.165, 1.54) is 6.42 Å². The van der Waals surface area contributed by atoms with Crippen LogP contribution in [0, 0.1) is 0 Å². The maximum atomic E-state index is 11.9. The molecule has 2 rings (SSSR count). The number of hydrogen-bond acceptors (Lipinski definition) is 4. The average molecular weight is 266 g/mol. The van der Waals surface area contributed by atoms with E-state index in [9.17, 15) is 4.79 Å². The smallest absolute Gasteiger partial charge is 0.234 e. The Morgan fingerprint density at radius 1 is 1.53 bits per heavy atom. The van der Waals surface area contributed by atoms with Crippen LogP contribution in [0.3, 0.4) is 0 Å². The number of piperidine rings is 1. The molecule has 1 aliphatic rings. The molecule has 1 unspecified atom stereocenters. The normalized spacial score (nSPS) is 20.4. The zero-order valence-electron chi connectivity index (χ0n) is 11.2. The molecule has 0 saturated carbocycles. The van der Waals surface area contributed by atoms with Crippen LogP contribution in [0.4, 0.5) is 0 Å². The van der Waals surface area contributed by atoms with E-state index < -0.39 is 0 Å². The van der Waals surface area contributed by atoms with Gasteiger partial charge < -0.3 is 14.8 Å². The van der Waals surface area contributed by atoms with Gasteiger partial charge in [-0.15, -0.1) is 0 Å². The number of furan rings is 1. The molecule has 5 nitrogen and oxygen atoms in total. The zero-order valence-corrected chi connectivity index (χ0v) is 11.2. The second-order valence-electron chi connectivity index (χ2n) is 4.99. The van der Waals surface area contributed by atoms with Gasteiger partial charge in [-0.25, -0.2) is 0 Å². The van der Waals surface area contributed by atoms with Crippen molar-refractivity contribution in [2.24, 2.45) is 0 Å². The number of hydrogen-bond donors (Lipinski definition) is 2. The van der Waals surface area contributed by atoms with Gasteiger partial charge >= 0.3 is 0 Å². The van der Waals surface area contributed by atoms with Gasteiger partial charge in [-0.1, -0.05) is 6.42 Å². The lowest BCUT2D eigenvalue weighted by atomic mass is 10.00. The van der Waals surface area contributed by atoms with E-state index in [0.717, 1.165) is 31.6 Å². The first-order valence-electron chi connectivity index (χ1n) is 6.93. The summed E-state index contributed by atoms with van der Waals surface area (Å²) in [4.78, 5) is 14.1. The molecule has 1 fully saturated rings. The van der Waals surface area contributed by atoms with Crippen LogP contribution in [0.25, 0.3) is 0 Å². The minimum atomic E-state index is 0.0150. The maximum absolute atomic E-state index is 11.9. The van der Waals surface area contributed by atoms with Gasteiger partial charge in [0.25, 0.3) is 0 Å². The molecule has 19 heavy (non-hydrogen) atoms. The predicted molar refractivity (Wildman–Crippen MR) is 71.5 cm³/mol. The molecule has 1 aliphatic heterocycles. The van der Waals surface area contributed by atoms with E-state index in [1.54, 1.807) is 6.26 Å². The summed E-state index contributed by atoms with van der Waals surface area (Å²) in [5.74, 6) is 0.778. The van der Waals surface area contributed by atoms with E-state index in [1.807, 2.05) is 12.1 Å². The monoisotopic (exact) mass is 266 g/mol. The minimum Gasteiger partial charge on any atom is -0.467 e. The van der Waals surface area contributed by atoms with Crippen molar-refractivity contribution < 1.29 is 14.3 Å². The van der Waals surface area contributed by atoms with Crippen LogP contribution >= 0.6 is 0 Å². The van der Waals surface area contributed by atoms with Gasteiger partial charge in [0.2, 0.25) is 5.91 Å². The first-order chi connectivity index (χ1) is 9.29. The van der Waals surface area contributed by atoms with Gasteiger partial charge in [0, 0.05) is 12.6 Å². The van der Waals surface area contributed by atoms with E-state index in [2.05, 4.69) is 10.2 Å². The third kappa shape index (κ3) is 4.36. The zero-order chi connectivity index (χ0) is 13.5. The molecular weight excluding hydrogens is 244 g/mol. The fraction of sp³-hybridized carbons (Fsp3) is 0.643. The summed E-state index contributed by atoms with van der Waals surface area (Å²) in [7, 11) is 0. The van der Waals surface area contributed by atoms with Gasteiger partial charge in [0.1, 0.15) is 5.76 Å². The maximum Gasteiger partial charge on any atom is 0.234 e. The SMILES string of the molecule is O=C(CN1CCCCC1CCO)NCc1ccco1. The van der Waals surface area contributed by atoms with Crippen molar-refractivity contribution in [2.45, 2.75) is 38.3 Å². The lowest BCUT2D eigenvalue weighted by Crippen LogP contribution is -2.45. The van der Waals surface area contributed by atoms with Gasteiger partial charge in [0.15, 0.2) is 0 Å². The number of nitrogens with one attached hydrogen (secondary N) is 1. The molecule has 5 heteroatoms. The largest absolute Gasteiger partial charge is 0.467 e. The Kier molecular flexibility index (Phi) is 5.42. The Labute approximate surface area is 113 Å². The molecule has 2 heterocycles. The van der Waals surface area contributed by atoms with Crippen molar-refractivity contribution in [1.29, 1.82) is 0 Å². The highest BCUT2D eigenvalue weighted by atomic mass is 16.3. The number of carbonyl (C=O) groups is 1. The van der Waals surface area contributed by atoms with Crippen LogP contribution in [-0.2, 0) is 11.3 Å². The van der Waals surface area contributed by atoms with Gasteiger partial charge in [-0.05, 0) is 37.9 Å². The summed E-state index contributed by atoms with van der Waals surface area (Å²) in [5.41, 5.74) is 0. The Balaban J connectivity index is 1.76. The fourth-order valence-electron chi connectivity index (χ4n) is 2.58. The highest BCUT2D eigenvalue weighted by molar-refractivity contribution is 5.78. The summed E-state index contributed by atoms with van der Waals surface area (Å²) >= 11 is 0. The number of nitrogens with zero attached hydrogens (tertiary/aromatic N) is 1. The molecule has 0 aromatic carbocycles. The second kappa shape index (κ2) is 7.31. The van der Waals surface area contributed by atoms with Crippen molar-refractivity contribution in [3.63, 3.8) is 0 Å². The van der Waals surface area contributed by atoms with Crippen LogP contribution < -0.4 is 5.32 Å². The fourth-order valence-corrected chi connectivity index (χ4v) is 2.58. The average Bonchev–Trinajstić information content (AvgIpc) is 2.92. The third-order valence-electron chi connectivity index (χ3n) is 3.60. The molecule has 106 valence electrons. The van der Waals surface area contributed by atoms with Crippen molar-refractivity contribution in [1.82, 2.24) is 10.2 Å². The van der Waals surface area contributed by atoms with Gasteiger partial charge in [-0.2, -0.15) is 0 Å². The van der Waals surface area contributed by atoms with E-state index in [-0.39, 0.29) is 12.5 Å². The first kappa shape index (κ1) is 14.1. The minimum absolute atomic E-state index is 0.0150. The number of aliphatic hydroxyl groups excluding tert-OH is 1. The lowest BCUT2D eigenvalue weighted by Gasteiger charge is -2.34.